The average molecular weight is 213 g/mol. The van der Waals surface area contributed by atoms with Crippen molar-refractivity contribution in [2.24, 2.45) is 0 Å². The standard InChI is InChI=1S/C10H15NO2S/c1-8-5-6-10(7-9(8)2)14(12,13)11(3)4/h5-7H,1-4H3. The van der Waals surface area contributed by atoms with Crippen molar-refractivity contribution in [2.75, 3.05) is 14.1 Å². The van der Waals surface area contributed by atoms with Crippen LogP contribution in [0, 0.1) is 13.8 Å². The highest BCUT2D eigenvalue weighted by molar-refractivity contribution is 7.89. The van der Waals surface area contributed by atoms with Gasteiger partial charge in [-0.3, -0.25) is 0 Å². The van der Waals surface area contributed by atoms with Gasteiger partial charge in [0.05, 0.1) is 4.90 Å². The van der Waals surface area contributed by atoms with Crippen LogP contribution in [0.3, 0.4) is 0 Å². The second-order valence-electron chi connectivity index (χ2n) is 3.53. The predicted molar refractivity (Wildman–Crippen MR) is 56.8 cm³/mol. The molecule has 4 heteroatoms. The Morgan fingerprint density at radius 2 is 1.64 bits per heavy atom. The molecule has 0 aliphatic carbocycles. The quantitative estimate of drug-likeness (QED) is 0.747. The summed E-state index contributed by atoms with van der Waals surface area (Å²) < 4.78 is 24.7. The molecule has 0 saturated heterocycles. The van der Waals surface area contributed by atoms with Crippen LogP contribution in [0.25, 0.3) is 0 Å². The van der Waals surface area contributed by atoms with Crippen LogP contribution in [-0.2, 0) is 10.0 Å². The van der Waals surface area contributed by atoms with Gasteiger partial charge < -0.3 is 0 Å². The van der Waals surface area contributed by atoms with Crippen molar-refractivity contribution in [3.8, 4) is 0 Å². The molecule has 0 amide bonds. The molecular formula is C10H15NO2S. The maximum Gasteiger partial charge on any atom is 0.242 e. The fourth-order valence-electron chi connectivity index (χ4n) is 1.09. The lowest BCUT2D eigenvalue weighted by atomic mass is 10.1. The first-order valence-electron chi connectivity index (χ1n) is 4.35. The number of rotatable bonds is 2. The molecule has 0 spiro atoms. The molecule has 14 heavy (non-hydrogen) atoms. The van der Waals surface area contributed by atoms with Gasteiger partial charge >= 0.3 is 0 Å². The van der Waals surface area contributed by atoms with E-state index in [1.165, 1.54) is 18.4 Å². The van der Waals surface area contributed by atoms with Gasteiger partial charge in [0.15, 0.2) is 0 Å². The molecule has 0 N–H and O–H groups in total. The monoisotopic (exact) mass is 213 g/mol. The summed E-state index contributed by atoms with van der Waals surface area (Å²) in [5.41, 5.74) is 2.09. The molecule has 3 nitrogen and oxygen atoms in total. The number of hydrogen-bond donors (Lipinski definition) is 0. The molecule has 0 unspecified atom stereocenters. The van der Waals surface area contributed by atoms with Gasteiger partial charge in [-0.25, -0.2) is 12.7 Å². The number of aryl methyl sites for hydroxylation is 2. The molecule has 0 radical (unpaired) electrons. The van der Waals surface area contributed by atoms with Crippen LogP contribution >= 0.6 is 0 Å². The molecule has 0 fully saturated rings. The highest BCUT2D eigenvalue weighted by Gasteiger charge is 2.16. The first-order chi connectivity index (χ1) is 6.35. The normalized spacial score (nSPS) is 12.1. The topological polar surface area (TPSA) is 37.4 Å². The minimum absolute atomic E-state index is 0.352. The Hall–Kier alpha value is -0.870. The van der Waals surface area contributed by atoms with E-state index in [4.69, 9.17) is 0 Å². The van der Waals surface area contributed by atoms with Crippen LogP contribution in [0.15, 0.2) is 23.1 Å². The molecule has 0 atom stereocenters. The van der Waals surface area contributed by atoms with Gasteiger partial charge in [-0.05, 0) is 37.1 Å². The molecule has 0 aliphatic rings. The molecule has 1 rings (SSSR count). The third-order valence-corrected chi connectivity index (χ3v) is 4.07. The van der Waals surface area contributed by atoms with E-state index in [9.17, 15) is 8.42 Å². The van der Waals surface area contributed by atoms with E-state index in [1.54, 1.807) is 12.1 Å². The number of hydrogen-bond acceptors (Lipinski definition) is 2. The van der Waals surface area contributed by atoms with Gasteiger partial charge in [0.1, 0.15) is 0 Å². The lowest BCUT2D eigenvalue weighted by molar-refractivity contribution is 0.520. The maximum atomic E-state index is 11.7. The first kappa shape index (κ1) is 11.2. The zero-order valence-electron chi connectivity index (χ0n) is 8.90. The van der Waals surface area contributed by atoms with Gasteiger partial charge in [-0.2, -0.15) is 0 Å². The second kappa shape index (κ2) is 3.71. The van der Waals surface area contributed by atoms with E-state index in [1.807, 2.05) is 19.9 Å². The van der Waals surface area contributed by atoms with Crippen LogP contribution < -0.4 is 0 Å². The van der Waals surface area contributed by atoms with Crippen molar-refractivity contribution in [2.45, 2.75) is 18.7 Å². The van der Waals surface area contributed by atoms with Crippen molar-refractivity contribution in [1.29, 1.82) is 0 Å². The van der Waals surface area contributed by atoms with Crippen molar-refractivity contribution in [3.63, 3.8) is 0 Å². The molecule has 78 valence electrons. The van der Waals surface area contributed by atoms with Crippen LogP contribution in [0.1, 0.15) is 11.1 Å². The van der Waals surface area contributed by atoms with Crippen LogP contribution in [0.5, 0.6) is 0 Å². The summed E-state index contributed by atoms with van der Waals surface area (Å²) in [5, 5.41) is 0. The average Bonchev–Trinajstić information content (AvgIpc) is 2.09. The van der Waals surface area contributed by atoms with Crippen LogP contribution in [-0.4, -0.2) is 26.8 Å². The summed E-state index contributed by atoms with van der Waals surface area (Å²) in [6.45, 7) is 3.87. The molecule has 0 aliphatic heterocycles. The van der Waals surface area contributed by atoms with Gasteiger partial charge in [-0.15, -0.1) is 0 Å². The molecule has 0 saturated carbocycles. The fourth-order valence-corrected chi connectivity index (χ4v) is 2.07. The van der Waals surface area contributed by atoms with Crippen molar-refractivity contribution < 1.29 is 8.42 Å². The Balaban J connectivity index is 3.29. The Bertz CT molecular complexity index is 435. The molecule has 0 aromatic heterocycles. The number of sulfonamides is 1. The lowest BCUT2D eigenvalue weighted by Crippen LogP contribution is -2.22. The summed E-state index contributed by atoms with van der Waals surface area (Å²) in [6.07, 6.45) is 0. The Morgan fingerprint density at radius 1 is 1.07 bits per heavy atom. The molecule has 0 heterocycles. The molecule has 1 aromatic carbocycles. The Kier molecular flexibility index (Phi) is 2.97. The van der Waals surface area contributed by atoms with Crippen molar-refractivity contribution in [1.82, 2.24) is 4.31 Å². The Morgan fingerprint density at radius 3 is 2.07 bits per heavy atom. The first-order valence-corrected chi connectivity index (χ1v) is 5.79. The summed E-state index contributed by atoms with van der Waals surface area (Å²) in [6, 6.07) is 5.16. The Labute approximate surface area is 85.4 Å². The van der Waals surface area contributed by atoms with E-state index in [0.29, 0.717) is 4.90 Å². The van der Waals surface area contributed by atoms with Gasteiger partial charge in [0.2, 0.25) is 10.0 Å². The number of nitrogens with zero attached hydrogens (tertiary/aromatic N) is 1. The third-order valence-electron chi connectivity index (χ3n) is 2.26. The highest BCUT2D eigenvalue weighted by Crippen LogP contribution is 2.16. The minimum Gasteiger partial charge on any atom is -0.207 e. The zero-order valence-corrected chi connectivity index (χ0v) is 9.72. The highest BCUT2D eigenvalue weighted by atomic mass is 32.2. The van der Waals surface area contributed by atoms with E-state index in [0.717, 1.165) is 11.1 Å². The smallest absolute Gasteiger partial charge is 0.207 e. The second-order valence-corrected chi connectivity index (χ2v) is 5.69. The maximum absolute atomic E-state index is 11.7. The van der Waals surface area contributed by atoms with Crippen LogP contribution in [0.2, 0.25) is 0 Å². The van der Waals surface area contributed by atoms with Crippen molar-refractivity contribution in [3.05, 3.63) is 29.3 Å². The molecule has 1 aromatic rings. The van der Waals surface area contributed by atoms with Gasteiger partial charge in [0.25, 0.3) is 0 Å². The summed E-state index contributed by atoms with van der Waals surface area (Å²) in [7, 11) is -0.218. The van der Waals surface area contributed by atoms with E-state index >= 15 is 0 Å². The summed E-state index contributed by atoms with van der Waals surface area (Å²) in [5.74, 6) is 0. The van der Waals surface area contributed by atoms with E-state index in [2.05, 4.69) is 0 Å². The minimum atomic E-state index is -3.28. The summed E-state index contributed by atoms with van der Waals surface area (Å²) >= 11 is 0. The third kappa shape index (κ3) is 1.96. The summed E-state index contributed by atoms with van der Waals surface area (Å²) in [4.78, 5) is 0.352. The van der Waals surface area contributed by atoms with Crippen LogP contribution in [0.4, 0.5) is 0 Å². The fraction of sp³-hybridized carbons (Fsp3) is 0.400. The SMILES string of the molecule is Cc1ccc(S(=O)(=O)N(C)C)cc1C. The number of benzene rings is 1. The molecule has 0 bridgehead atoms. The molecular weight excluding hydrogens is 198 g/mol. The van der Waals surface area contributed by atoms with E-state index in [-0.39, 0.29) is 0 Å². The van der Waals surface area contributed by atoms with Gasteiger partial charge in [-0.1, -0.05) is 6.07 Å². The lowest BCUT2D eigenvalue weighted by Gasteiger charge is -2.12. The largest absolute Gasteiger partial charge is 0.242 e. The van der Waals surface area contributed by atoms with E-state index < -0.39 is 10.0 Å². The van der Waals surface area contributed by atoms with Crippen molar-refractivity contribution >= 4 is 10.0 Å². The zero-order chi connectivity index (χ0) is 10.9. The predicted octanol–water partition coefficient (Wildman–Crippen LogP) is 1.55. The van der Waals surface area contributed by atoms with Gasteiger partial charge in [0, 0.05) is 14.1 Å².